The summed E-state index contributed by atoms with van der Waals surface area (Å²) < 4.78 is 0. The molecule has 1 aliphatic heterocycles. The fourth-order valence-corrected chi connectivity index (χ4v) is 1.81. The van der Waals surface area contributed by atoms with E-state index in [4.69, 9.17) is 5.11 Å². The molecule has 0 aromatic heterocycles. The zero-order valence-electron chi connectivity index (χ0n) is 11.3. The Balaban J connectivity index is 0.000000354. The standard InChI is InChI=1S/C10H22O.C4H7NO/c1-2-3-4-5-6-7-8-9-10-11;6-4-2-1-3-5-4/h11H,2-10H2,1H3;1-3H2,(H,5,6). The fourth-order valence-electron chi connectivity index (χ4n) is 1.81. The molecule has 0 unspecified atom stereocenters. The van der Waals surface area contributed by atoms with Crippen LogP contribution in [0.5, 0.6) is 0 Å². The maximum Gasteiger partial charge on any atom is 0.220 e. The number of unbranched alkanes of at least 4 members (excludes halogenated alkanes) is 7. The number of hydrogen-bond acceptors (Lipinski definition) is 2. The molecule has 0 atom stereocenters. The van der Waals surface area contributed by atoms with Crippen LogP contribution in [0.3, 0.4) is 0 Å². The molecule has 3 nitrogen and oxygen atoms in total. The second kappa shape index (κ2) is 13.5. The maximum absolute atomic E-state index is 10.1. The molecule has 3 heteroatoms. The van der Waals surface area contributed by atoms with Crippen molar-refractivity contribution in [2.75, 3.05) is 13.2 Å². The lowest BCUT2D eigenvalue weighted by Crippen LogP contribution is -2.12. The average molecular weight is 243 g/mol. The summed E-state index contributed by atoms with van der Waals surface area (Å²) in [6, 6.07) is 0. The molecule has 0 aliphatic carbocycles. The summed E-state index contributed by atoms with van der Waals surface area (Å²) in [7, 11) is 0. The predicted molar refractivity (Wildman–Crippen MR) is 71.9 cm³/mol. The fraction of sp³-hybridized carbons (Fsp3) is 0.929. The normalized spacial score (nSPS) is 14.1. The summed E-state index contributed by atoms with van der Waals surface area (Å²) in [5.74, 6) is 0.204. The van der Waals surface area contributed by atoms with Gasteiger partial charge in [0, 0.05) is 19.6 Å². The SMILES string of the molecule is CCCCCCCCCCO.O=C1CCCN1. The third-order valence-electron chi connectivity index (χ3n) is 2.91. The van der Waals surface area contributed by atoms with Gasteiger partial charge < -0.3 is 10.4 Å². The van der Waals surface area contributed by atoms with Crippen LogP contribution in [0.4, 0.5) is 0 Å². The molecule has 1 amide bonds. The van der Waals surface area contributed by atoms with E-state index in [-0.39, 0.29) is 5.91 Å². The van der Waals surface area contributed by atoms with Gasteiger partial charge in [0.05, 0.1) is 0 Å². The van der Waals surface area contributed by atoms with Crippen LogP contribution in [0.25, 0.3) is 0 Å². The Bertz CT molecular complexity index is 156. The number of hydrogen-bond donors (Lipinski definition) is 2. The van der Waals surface area contributed by atoms with Gasteiger partial charge in [-0.25, -0.2) is 0 Å². The number of carbonyl (C=O) groups excluding carboxylic acids is 1. The van der Waals surface area contributed by atoms with Crippen LogP contribution >= 0.6 is 0 Å². The zero-order chi connectivity index (χ0) is 12.8. The third-order valence-corrected chi connectivity index (χ3v) is 2.91. The van der Waals surface area contributed by atoms with Gasteiger partial charge in [0.15, 0.2) is 0 Å². The lowest BCUT2D eigenvalue weighted by atomic mass is 10.1. The van der Waals surface area contributed by atoms with E-state index in [0.29, 0.717) is 6.61 Å². The minimum absolute atomic E-state index is 0.204. The van der Waals surface area contributed by atoms with E-state index in [1.54, 1.807) is 0 Å². The van der Waals surface area contributed by atoms with Crippen LogP contribution in [-0.2, 0) is 4.79 Å². The molecule has 17 heavy (non-hydrogen) atoms. The van der Waals surface area contributed by atoms with Crippen molar-refractivity contribution in [3.8, 4) is 0 Å². The molecule has 1 aliphatic rings. The van der Waals surface area contributed by atoms with Crippen molar-refractivity contribution in [2.45, 2.75) is 71.1 Å². The Hall–Kier alpha value is -0.570. The first kappa shape index (κ1) is 16.4. The third kappa shape index (κ3) is 13.4. The molecule has 0 saturated carbocycles. The number of amides is 1. The predicted octanol–water partition coefficient (Wildman–Crippen LogP) is 3.02. The first-order chi connectivity index (χ1) is 8.31. The van der Waals surface area contributed by atoms with Crippen LogP contribution in [0.15, 0.2) is 0 Å². The minimum Gasteiger partial charge on any atom is -0.396 e. The summed E-state index contributed by atoms with van der Waals surface area (Å²) in [6.07, 6.45) is 12.1. The van der Waals surface area contributed by atoms with Crippen molar-refractivity contribution in [2.24, 2.45) is 0 Å². The first-order valence-electron chi connectivity index (χ1n) is 7.18. The van der Waals surface area contributed by atoms with Crippen LogP contribution in [0.1, 0.15) is 71.1 Å². The van der Waals surface area contributed by atoms with E-state index in [1.807, 2.05) is 0 Å². The lowest BCUT2D eigenvalue weighted by molar-refractivity contribution is -0.119. The number of aliphatic hydroxyl groups excluding tert-OH is 1. The quantitative estimate of drug-likeness (QED) is 0.644. The second-order valence-electron chi connectivity index (χ2n) is 4.65. The number of aliphatic hydroxyl groups is 1. The first-order valence-corrected chi connectivity index (χ1v) is 7.18. The summed E-state index contributed by atoms with van der Waals surface area (Å²) in [5.41, 5.74) is 0. The monoisotopic (exact) mass is 243 g/mol. The van der Waals surface area contributed by atoms with Gasteiger partial charge in [0.1, 0.15) is 0 Å². The molecular formula is C14H29NO2. The van der Waals surface area contributed by atoms with E-state index in [0.717, 1.165) is 25.8 Å². The highest BCUT2D eigenvalue weighted by Gasteiger charge is 2.05. The molecule has 0 aromatic carbocycles. The summed E-state index contributed by atoms with van der Waals surface area (Å²) in [4.78, 5) is 10.1. The average Bonchev–Trinajstić information content (AvgIpc) is 2.80. The molecule has 1 fully saturated rings. The summed E-state index contributed by atoms with van der Waals surface area (Å²) in [5, 5.41) is 11.2. The molecule has 2 N–H and O–H groups in total. The van der Waals surface area contributed by atoms with E-state index < -0.39 is 0 Å². The number of nitrogens with one attached hydrogen (secondary N) is 1. The topological polar surface area (TPSA) is 49.3 Å². The summed E-state index contributed by atoms with van der Waals surface area (Å²) in [6.45, 7) is 3.50. The molecule has 0 spiro atoms. The van der Waals surface area contributed by atoms with Crippen molar-refractivity contribution in [1.29, 1.82) is 0 Å². The molecule has 1 saturated heterocycles. The van der Waals surface area contributed by atoms with Gasteiger partial charge in [-0.15, -0.1) is 0 Å². The van der Waals surface area contributed by atoms with Crippen molar-refractivity contribution in [3.05, 3.63) is 0 Å². The lowest BCUT2D eigenvalue weighted by Gasteiger charge is -1.98. The highest BCUT2D eigenvalue weighted by molar-refractivity contribution is 5.77. The molecule has 1 heterocycles. The van der Waals surface area contributed by atoms with Gasteiger partial charge in [0.2, 0.25) is 5.91 Å². The summed E-state index contributed by atoms with van der Waals surface area (Å²) >= 11 is 0. The Morgan fingerprint density at radius 3 is 2.00 bits per heavy atom. The smallest absolute Gasteiger partial charge is 0.220 e. The Morgan fingerprint density at radius 1 is 1.06 bits per heavy atom. The van der Waals surface area contributed by atoms with Gasteiger partial charge in [-0.3, -0.25) is 4.79 Å². The second-order valence-corrected chi connectivity index (χ2v) is 4.65. The molecular weight excluding hydrogens is 214 g/mol. The molecule has 0 aromatic rings. The minimum atomic E-state index is 0.204. The highest BCUT2D eigenvalue weighted by atomic mass is 16.2. The van der Waals surface area contributed by atoms with Crippen molar-refractivity contribution < 1.29 is 9.90 Å². The highest BCUT2D eigenvalue weighted by Crippen LogP contribution is 2.07. The van der Waals surface area contributed by atoms with Crippen LogP contribution in [0.2, 0.25) is 0 Å². The van der Waals surface area contributed by atoms with Crippen molar-refractivity contribution >= 4 is 5.91 Å². The Labute approximate surface area is 106 Å². The Morgan fingerprint density at radius 2 is 1.65 bits per heavy atom. The van der Waals surface area contributed by atoms with Crippen molar-refractivity contribution in [1.82, 2.24) is 5.32 Å². The number of rotatable bonds is 8. The van der Waals surface area contributed by atoms with Gasteiger partial charge in [0.25, 0.3) is 0 Å². The van der Waals surface area contributed by atoms with E-state index >= 15 is 0 Å². The van der Waals surface area contributed by atoms with Crippen LogP contribution in [-0.4, -0.2) is 24.2 Å². The molecule has 0 radical (unpaired) electrons. The van der Waals surface area contributed by atoms with Gasteiger partial charge in [-0.05, 0) is 12.8 Å². The van der Waals surface area contributed by atoms with Gasteiger partial charge in [-0.1, -0.05) is 51.9 Å². The van der Waals surface area contributed by atoms with E-state index in [9.17, 15) is 4.79 Å². The van der Waals surface area contributed by atoms with Gasteiger partial charge in [-0.2, -0.15) is 0 Å². The Kier molecular flexibility index (Phi) is 13.0. The molecule has 1 rings (SSSR count). The van der Waals surface area contributed by atoms with Crippen LogP contribution in [0, 0.1) is 0 Å². The van der Waals surface area contributed by atoms with Crippen LogP contribution < -0.4 is 5.32 Å². The molecule has 0 bridgehead atoms. The largest absolute Gasteiger partial charge is 0.396 e. The van der Waals surface area contributed by atoms with Crippen molar-refractivity contribution in [3.63, 3.8) is 0 Å². The van der Waals surface area contributed by atoms with Gasteiger partial charge >= 0.3 is 0 Å². The maximum atomic E-state index is 10.1. The zero-order valence-corrected chi connectivity index (χ0v) is 11.3. The van der Waals surface area contributed by atoms with E-state index in [1.165, 1.54) is 44.9 Å². The number of carbonyl (C=O) groups is 1. The molecule has 102 valence electrons. The van der Waals surface area contributed by atoms with E-state index in [2.05, 4.69) is 12.2 Å².